The molecule has 0 fully saturated rings. The molecule has 144 valence electrons. The lowest BCUT2D eigenvalue weighted by Gasteiger charge is -2.15. The Morgan fingerprint density at radius 2 is 1.59 bits per heavy atom. The summed E-state index contributed by atoms with van der Waals surface area (Å²) in [7, 11) is 4.17. The lowest BCUT2D eigenvalue weighted by molar-refractivity contribution is -0.118. The van der Waals surface area contributed by atoms with Crippen LogP contribution in [0, 0.1) is 13.8 Å². The van der Waals surface area contributed by atoms with Crippen molar-refractivity contribution in [3.63, 3.8) is 0 Å². The van der Waals surface area contributed by atoms with Gasteiger partial charge in [0.1, 0.15) is 5.75 Å². The second-order valence-electron chi connectivity index (χ2n) is 5.83. The van der Waals surface area contributed by atoms with E-state index in [4.69, 9.17) is 18.9 Å². The van der Waals surface area contributed by atoms with Crippen molar-refractivity contribution >= 4 is 17.6 Å². The van der Waals surface area contributed by atoms with Crippen molar-refractivity contribution in [3.8, 4) is 17.2 Å². The van der Waals surface area contributed by atoms with E-state index >= 15 is 0 Å². The van der Waals surface area contributed by atoms with Crippen LogP contribution < -0.4 is 19.5 Å². The first-order valence-corrected chi connectivity index (χ1v) is 8.23. The van der Waals surface area contributed by atoms with Gasteiger partial charge in [0.05, 0.1) is 32.6 Å². The van der Waals surface area contributed by atoms with E-state index in [1.807, 2.05) is 26.0 Å². The Morgan fingerprint density at radius 1 is 0.926 bits per heavy atom. The number of esters is 1. The van der Waals surface area contributed by atoms with Gasteiger partial charge in [-0.25, -0.2) is 4.79 Å². The highest BCUT2D eigenvalue weighted by Gasteiger charge is 2.19. The molecule has 2 aromatic carbocycles. The Bertz CT molecular complexity index is 847. The zero-order valence-electron chi connectivity index (χ0n) is 16.0. The van der Waals surface area contributed by atoms with Crippen LogP contribution in [0.3, 0.4) is 0 Å². The molecule has 0 unspecified atom stereocenters. The van der Waals surface area contributed by atoms with E-state index in [1.54, 1.807) is 6.07 Å². The number of hydrogen-bond acceptors (Lipinski definition) is 6. The third kappa shape index (κ3) is 4.91. The fraction of sp³-hybridized carbons (Fsp3) is 0.300. The monoisotopic (exact) mass is 373 g/mol. The van der Waals surface area contributed by atoms with Gasteiger partial charge in [-0.1, -0.05) is 6.07 Å². The highest BCUT2D eigenvalue weighted by Crippen LogP contribution is 2.33. The minimum absolute atomic E-state index is 0.148. The number of nitrogens with one attached hydrogen (secondary N) is 1. The quantitative estimate of drug-likeness (QED) is 0.751. The van der Waals surface area contributed by atoms with Crippen LogP contribution in [0.1, 0.15) is 21.5 Å². The zero-order valence-corrected chi connectivity index (χ0v) is 16.0. The fourth-order valence-corrected chi connectivity index (χ4v) is 2.40. The summed E-state index contributed by atoms with van der Waals surface area (Å²) in [5, 5.41) is 2.65. The molecule has 0 heterocycles. The van der Waals surface area contributed by atoms with Gasteiger partial charge in [0.15, 0.2) is 18.1 Å². The number of anilines is 1. The second kappa shape index (κ2) is 8.93. The average Bonchev–Trinajstić information content (AvgIpc) is 2.67. The molecule has 0 aliphatic rings. The molecule has 0 aliphatic heterocycles. The Hall–Kier alpha value is -3.22. The zero-order chi connectivity index (χ0) is 20.0. The lowest BCUT2D eigenvalue weighted by atomic mass is 10.1. The second-order valence-corrected chi connectivity index (χ2v) is 5.83. The first kappa shape index (κ1) is 20.1. The molecule has 0 radical (unpaired) electrons. The van der Waals surface area contributed by atoms with Gasteiger partial charge in [-0.05, 0) is 37.1 Å². The minimum Gasteiger partial charge on any atom is -0.493 e. The Morgan fingerprint density at radius 3 is 2.19 bits per heavy atom. The van der Waals surface area contributed by atoms with E-state index in [9.17, 15) is 9.59 Å². The normalized spacial score (nSPS) is 10.1. The van der Waals surface area contributed by atoms with E-state index in [1.165, 1.54) is 33.5 Å². The lowest BCUT2D eigenvalue weighted by Crippen LogP contribution is -2.22. The predicted octanol–water partition coefficient (Wildman–Crippen LogP) is 3.12. The van der Waals surface area contributed by atoms with E-state index in [-0.39, 0.29) is 17.9 Å². The average molecular weight is 373 g/mol. The van der Waals surface area contributed by atoms with Crippen LogP contribution >= 0.6 is 0 Å². The van der Waals surface area contributed by atoms with Gasteiger partial charge >= 0.3 is 5.97 Å². The third-order valence-electron chi connectivity index (χ3n) is 4.05. The maximum atomic E-state index is 12.3. The van der Waals surface area contributed by atoms with Crippen molar-refractivity contribution in [2.45, 2.75) is 13.8 Å². The number of amides is 1. The first-order valence-electron chi connectivity index (χ1n) is 8.23. The summed E-state index contributed by atoms with van der Waals surface area (Å²) in [6.45, 7) is 3.75. The van der Waals surface area contributed by atoms with Crippen molar-refractivity contribution in [3.05, 3.63) is 47.0 Å². The van der Waals surface area contributed by atoms with Crippen LogP contribution in [-0.2, 0) is 9.53 Å². The summed E-state index contributed by atoms with van der Waals surface area (Å²) in [6, 6.07) is 8.53. The van der Waals surface area contributed by atoms with E-state index in [2.05, 4.69) is 5.32 Å². The SMILES string of the molecule is COC(=O)c1cc(OC)c(OC)cc1NC(=O)COc1ccc(C)c(C)c1. The summed E-state index contributed by atoms with van der Waals surface area (Å²) < 4.78 is 20.7. The van der Waals surface area contributed by atoms with Crippen molar-refractivity contribution in [2.75, 3.05) is 33.3 Å². The maximum Gasteiger partial charge on any atom is 0.340 e. The van der Waals surface area contributed by atoms with Crippen molar-refractivity contribution in [2.24, 2.45) is 0 Å². The highest BCUT2D eigenvalue weighted by atomic mass is 16.5. The molecular formula is C20H23NO6. The van der Waals surface area contributed by atoms with Crippen LogP contribution in [0.4, 0.5) is 5.69 Å². The molecule has 0 spiro atoms. The third-order valence-corrected chi connectivity index (χ3v) is 4.05. The molecular weight excluding hydrogens is 350 g/mol. The number of ether oxygens (including phenoxy) is 4. The van der Waals surface area contributed by atoms with Crippen molar-refractivity contribution in [1.29, 1.82) is 0 Å². The fourth-order valence-electron chi connectivity index (χ4n) is 2.40. The largest absolute Gasteiger partial charge is 0.493 e. The molecule has 2 rings (SSSR count). The number of carbonyl (C=O) groups is 2. The molecule has 1 N–H and O–H groups in total. The summed E-state index contributed by atoms with van der Waals surface area (Å²) in [4.78, 5) is 24.3. The van der Waals surface area contributed by atoms with Crippen LogP contribution in [0.2, 0.25) is 0 Å². The summed E-state index contributed by atoms with van der Waals surface area (Å²) in [5.41, 5.74) is 2.60. The van der Waals surface area contributed by atoms with Gasteiger partial charge in [-0.2, -0.15) is 0 Å². The Labute approximate surface area is 158 Å². The van der Waals surface area contributed by atoms with Crippen LogP contribution in [-0.4, -0.2) is 39.8 Å². The standard InChI is InChI=1S/C20H23NO6/c1-12-6-7-14(8-13(12)2)27-11-19(22)21-16-10-18(25-4)17(24-3)9-15(16)20(23)26-5/h6-10H,11H2,1-5H3,(H,21,22). The molecule has 0 atom stereocenters. The molecule has 1 amide bonds. The number of methoxy groups -OCH3 is 3. The minimum atomic E-state index is -0.610. The van der Waals surface area contributed by atoms with Gasteiger partial charge < -0.3 is 24.3 Å². The molecule has 0 aliphatic carbocycles. The molecule has 0 aromatic heterocycles. The van der Waals surface area contributed by atoms with E-state index in [0.717, 1.165) is 11.1 Å². The highest BCUT2D eigenvalue weighted by molar-refractivity contribution is 6.02. The van der Waals surface area contributed by atoms with Gasteiger partial charge in [-0.3, -0.25) is 4.79 Å². The first-order chi connectivity index (χ1) is 12.9. The molecule has 0 bridgehead atoms. The number of carbonyl (C=O) groups excluding carboxylic acids is 2. The molecule has 2 aromatic rings. The molecule has 0 saturated carbocycles. The number of benzene rings is 2. The van der Waals surface area contributed by atoms with Gasteiger partial charge in [0.25, 0.3) is 5.91 Å². The smallest absolute Gasteiger partial charge is 0.340 e. The van der Waals surface area contributed by atoms with Crippen molar-refractivity contribution in [1.82, 2.24) is 0 Å². The summed E-state index contributed by atoms with van der Waals surface area (Å²) >= 11 is 0. The maximum absolute atomic E-state index is 12.3. The van der Waals surface area contributed by atoms with Gasteiger partial charge in [0, 0.05) is 12.1 Å². The van der Waals surface area contributed by atoms with Crippen LogP contribution in [0.5, 0.6) is 17.2 Å². The molecule has 0 saturated heterocycles. The Balaban J connectivity index is 2.17. The molecule has 27 heavy (non-hydrogen) atoms. The number of rotatable bonds is 7. The summed E-state index contributed by atoms with van der Waals surface area (Å²) in [5.74, 6) is 0.276. The predicted molar refractivity (Wildman–Crippen MR) is 101 cm³/mol. The summed E-state index contributed by atoms with van der Waals surface area (Å²) in [6.07, 6.45) is 0. The number of hydrogen-bond donors (Lipinski definition) is 1. The van der Waals surface area contributed by atoms with Gasteiger partial charge in [-0.15, -0.1) is 0 Å². The molecule has 7 nitrogen and oxygen atoms in total. The molecule has 7 heteroatoms. The van der Waals surface area contributed by atoms with E-state index in [0.29, 0.717) is 17.2 Å². The number of aryl methyl sites for hydroxylation is 2. The Kier molecular flexibility index (Phi) is 6.65. The van der Waals surface area contributed by atoms with Crippen molar-refractivity contribution < 1.29 is 28.5 Å². The van der Waals surface area contributed by atoms with E-state index < -0.39 is 11.9 Å². The van der Waals surface area contributed by atoms with Crippen LogP contribution in [0.25, 0.3) is 0 Å². The topological polar surface area (TPSA) is 83.1 Å². The van der Waals surface area contributed by atoms with Crippen LogP contribution in [0.15, 0.2) is 30.3 Å². The van der Waals surface area contributed by atoms with Gasteiger partial charge in [0.2, 0.25) is 0 Å².